The van der Waals surface area contributed by atoms with E-state index < -0.39 is 0 Å². The summed E-state index contributed by atoms with van der Waals surface area (Å²) in [6.07, 6.45) is 0. The van der Waals surface area contributed by atoms with Crippen LogP contribution in [0.1, 0.15) is 0 Å². The molecule has 4 heterocycles. The summed E-state index contributed by atoms with van der Waals surface area (Å²) in [5.74, 6) is 1.87. The highest BCUT2D eigenvalue weighted by Crippen LogP contribution is 2.50. The molecule has 0 spiro atoms. The van der Waals surface area contributed by atoms with E-state index in [1.54, 1.807) is 0 Å². The van der Waals surface area contributed by atoms with Crippen molar-refractivity contribution in [2.75, 3.05) is 0 Å². The Morgan fingerprint density at radius 1 is 0.217 bits per heavy atom. The van der Waals surface area contributed by atoms with Crippen LogP contribution in [0.2, 0.25) is 0 Å². The molecule has 14 rings (SSSR count). The van der Waals surface area contributed by atoms with Crippen molar-refractivity contribution in [1.29, 1.82) is 0 Å². The highest BCUT2D eigenvalue weighted by atomic mass is 15.1. The Kier molecular flexibility index (Phi) is 8.79. The van der Waals surface area contributed by atoms with Crippen LogP contribution in [0.25, 0.3) is 128 Å². The predicted octanol–water partition coefficient (Wildman–Crippen LogP) is 15.8. The van der Waals surface area contributed by atoms with E-state index in [9.17, 15) is 0 Å². The molecule has 0 atom stereocenters. The zero-order valence-corrected chi connectivity index (χ0v) is 37.3. The van der Waals surface area contributed by atoms with Crippen molar-refractivity contribution in [1.82, 2.24) is 28.7 Å². The molecule has 0 saturated carbocycles. The molecule has 0 aliphatic carbocycles. The van der Waals surface area contributed by atoms with Gasteiger partial charge in [-0.25, -0.2) is 15.0 Å². The van der Waals surface area contributed by atoms with E-state index in [4.69, 9.17) is 15.0 Å². The number of para-hydroxylation sites is 5. The van der Waals surface area contributed by atoms with Gasteiger partial charge in [-0.3, -0.25) is 0 Å². The van der Waals surface area contributed by atoms with Gasteiger partial charge >= 0.3 is 0 Å². The van der Waals surface area contributed by atoms with E-state index in [1.807, 2.05) is 24.3 Å². The number of hydrogen-bond donors (Lipinski definition) is 0. The first-order valence-electron chi connectivity index (χ1n) is 23.4. The van der Waals surface area contributed by atoms with Crippen molar-refractivity contribution in [3.8, 4) is 62.4 Å². The third-order valence-electron chi connectivity index (χ3n) is 13.7. The molecule has 0 fully saturated rings. The first-order chi connectivity index (χ1) is 34.3. The molecule has 322 valence electrons. The SMILES string of the molecule is c1ccc(-c2ccc(-c3nc(-c4ccccc4)nc(-c4ccc(-n5c6ccccc6c6c7c(c8ccccc8n7-c7ccccc7)c7c(c8ccccc8n7-c7ccccc7)c65)cc4)n3)cc2)cc1. The summed E-state index contributed by atoms with van der Waals surface area (Å²) in [7, 11) is 0. The van der Waals surface area contributed by atoms with Crippen molar-refractivity contribution < 1.29 is 0 Å². The normalized spacial score (nSPS) is 11.8. The van der Waals surface area contributed by atoms with Crippen LogP contribution in [0.5, 0.6) is 0 Å². The number of aromatic nitrogens is 6. The smallest absolute Gasteiger partial charge is 0.164 e. The average molecular weight is 881 g/mol. The van der Waals surface area contributed by atoms with Crippen molar-refractivity contribution in [3.63, 3.8) is 0 Å². The number of nitrogens with zero attached hydrogens (tertiary/aromatic N) is 6. The van der Waals surface area contributed by atoms with Crippen LogP contribution in [0.4, 0.5) is 0 Å². The lowest BCUT2D eigenvalue weighted by atomic mass is 10.0. The topological polar surface area (TPSA) is 53.5 Å². The maximum atomic E-state index is 5.16. The maximum Gasteiger partial charge on any atom is 0.164 e. The van der Waals surface area contributed by atoms with E-state index in [1.165, 1.54) is 48.9 Å². The highest BCUT2D eigenvalue weighted by molar-refractivity contribution is 6.40. The summed E-state index contributed by atoms with van der Waals surface area (Å²) in [5.41, 5.74) is 15.3. The van der Waals surface area contributed by atoms with Gasteiger partial charge in [-0.1, -0.05) is 176 Å². The summed E-state index contributed by atoms with van der Waals surface area (Å²) < 4.78 is 7.45. The maximum absolute atomic E-state index is 5.16. The fourth-order valence-electron chi connectivity index (χ4n) is 10.7. The molecule has 0 bridgehead atoms. The Balaban J connectivity index is 1.04. The number of fused-ring (bicyclic) bond motifs is 12. The fraction of sp³-hybridized carbons (Fsp3) is 0. The predicted molar refractivity (Wildman–Crippen MR) is 285 cm³/mol. The zero-order chi connectivity index (χ0) is 45.4. The lowest BCUT2D eigenvalue weighted by Gasteiger charge is -2.14. The molecule has 4 aromatic heterocycles. The Morgan fingerprint density at radius 3 is 0.870 bits per heavy atom. The molecule has 0 N–H and O–H groups in total. The van der Waals surface area contributed by atoms with Gasteiger partial charge in [-0.05, 0) is 77.9 Å². The molecule has 0 unspecified atom stereocenters. The van der Waals surface area contributed by atoms with Gasteiger partial charge in [0.2, 0.25) is 0 Å². The third kappa shape index (κ3) is 6.09. The molecule has 0 amide bonds. The van der Waals surface area contributed by atoms with Gasteiger partial charge < -0.3 is 13.7 Å². The summed E-state index contributed by atoms with van der Waals surface area (Å²) in [5, 5.41) is 7.24. The van der Waals surface area contributed by atoms with Crippen LogP contribution in [0.3, 0.4) is 0 Å². The number of benzene rings is 10. The van der Waals surface area contributed by atoms with Gasteiger partial charge in [0.1, 0.15) is 0 Å². The molecular formula is C63H40N6. The van der Waals surface area contributed by atoms with Crippen LogP contribution >= 0.6 is 0 Å². The van der Waals surface area contributed by atoms with Crippen molar-refractivity contribution in [2.45, 2.75) is 0 Å². The second-order valence-electron chi connectivity index (χ2n) is 17.6. The molecular weight excluding hydrogens is 841 g/mol. The van der Waals surface area contributed by atoms with Crippen LogP contribution in [-0.4, -0.2) is 28.7 Å². The molecule has 14 aromatic rings. The zero-order valence-electron chi connectivity index (χ0n) is 37.3. The molecule has 6 nitrogen and oxygen atoms in total. The first-order valence-corrected chi connectivity index (χ1v) is 23.4. The van der Waals surface area contributed by atoms with Crippen LogP contribution < -0.4 is 0 Å². The largest absolute Gasteiger partial charge is 0.308 e. The Bertz CT molecular complexity index is 4180. The fourth-order valence-corrected chi connectivity index (χ4v) is 10.7. The summed E-state index contributed by atoms with van der Waals surface area (Å²) in [6.45, 7) is 0. The number of hydrogen-bond acceptors (Lipinski definition) is 3. The van der Waals surface area contributed by atoms with Crippen LogP contribution in [0.15, 0.2) is 243 Å². The third-order valence-corrected chi connectivity index (χ3v) is 13.7. The van der Waals surface area contributed by atoms with E-state index in [0.29, 0.717) is 17.5 Å². The van der Waals surface area contributed by atoms with Gasteiger partial charge in [0, 0.05) is 66.1 Å². The summed E-state index contributed by atoms with van der Waals surface area (Å²) in [6, 6.07) is 86.1. The highest BCUT2D eigenvalue weighted by Gasteiger charge is 2.28. The second-order valence-corrected chi connectivity index (χ2v) is 17.6. The minimum absolute atomic E-state index is 0.613. The van der Waals surface area contributed by atoms with Gasteiger partial charge in [0.05, 0.1) is 33.1 Å². The van der Waals surface area contributed by atoms with E-state index in [-0.39, 0.29) is 0 Å². The van der Waals surface area contributed by atoms with Gasteiger partial charge in [0.25, 0.3) is 0 Å². The van der Waals surface area contributed by atoms with Gasteiger partial charge in [-0.2, -0.15) is 0 Å². The Hall–Kier alpha value is -9.39. The number of rotatable bonds is 7. The monoisotopic (exact) mass is 880 g/mol. The van der Waals surface area contributed by atoms with E-state index >= 15 is 0 Å². The summed E-state index contributed by atoms with van der Waals surface area (Å²) in [4.78, 5) is 15.3. The molecule has 0 aliphatic heterocycles. The van der Waals surface area contributed by atoms with Crippen LogP contribution in [-0.2, 0) is 0 Å². The van der Waals surface area contributed by atoms with Gasteiger partial charge in [-0.15, -0.1) is 0 Å². The van der Waals surface area contributed by atoms with Gasteiger partial charge in [0.15, 0.2) is 17.5 Å². The molecule has 10 aromatic carbocycles. The Labute approximate surface area is 397 Å². The average Bonchev–Trinajstić information content (AvgIpc) is 4.08. The minimum Gasteiger partial charge on any atom is -0.308 e. The minimum atomic E-state index is 0.613. The summed E-state index contributed by atoms with van der Waals surface area (Å²) >= 11 is 0. The molecule has 6 heteroatoms. The molecule has 0 aliphatic rings. The molecule has 0 radical (unpaired) electrons. The lowest BCUT2D eigenvalue weighted by Crippen LogP contribution is -2.01. The van der Waals surface area contributed by atoms with E-state index in [2.05, 4.69) is 232 Å². The molecule has 69 heavy (non-hydrogen) atoms. The first kappa shape index (κ1) is 38.8. The quantitative estimate of drug-likeness (QED) is 0.160. The standard InChI is InChI=1S/C63H40N6/c1-5-19-41(20-6-1)42-33-35-44(36-34-42)62-64-61(43-21-7-2-8-22-43)65-63(66-62)45-37-39-48(40-38-45)69-54-32-18-15-29-51(54)57-59-55(49-27-13-16-30-52(49)67(59)46-23-9-3-10-24-46)58-56(60(57)69)50-28-14-17-31-53(50)68(58)47-25-11-4-12-26-47/h1-40H. The second kappa shape index (κ2) is 15.6. The lowest BCUT2D eigenvalue weighted by molar-refractivity contribution is 1.07. The van der Waals surface area contributed by atoms with E-state index in [0.717, 1.165) is 61.4 Å². The van der Waals surface area contributed by atoms with Crippen molar-refractivity contribution in [3.05, 3.63) is 243 Å². The Morgan fingerprint density at radius 2 is 0.478 bits per heavy atom. The van der Waals surface area contributed by atoms with Crippen molar-refractivity contribution >= 4 is 65.4 Å². The molecule has 0 saturated heterocycles. The van der Waals surface area contributed by atoms with Crippen LogP contribution in [0, 0.1) is 0 Å². The van der Waals surface area contributed by atoms with Crippen molar-refractivity contribution in [2.24, 2.45) is 0 Å².